The quantitative estimate of drug-likeness (QED) is 0.507. The lowest BCUT2D eigenvalue weighted by Crippen LogP contribution is -2.62. The summed E-state index contributed by atoms with van der Waals surface area (Å²) in [7, 11) is 0. The van der Waals surface area contributed by atoms with Crippen LogP contribution in [-0.4, -0.2) is 40.0 Å². The molecule has 2 N–H and O–H groups in total. The molecule has 0 spiro atoms. The first-order chi connectivity index (χ1) is 15.9. The Labute approximate surface area is 191 Å². The van der Waals surface area contributed by atoms with E-state index in [-0.39, 0.29) is 28.5 Å². The van der Waals surface area contributed by atoms with Crippen molar-refractivity contribution in [3.05, 3.63) is 56.8 Å². The van der Waals surface area contributed by atoms with Crippen molar-refractivity contribution in [1.82, 2.24) is 14.9 Å². The molecule has 2 amide bonds. The second-order valence-corrected chi connectivity index (χ2v) is 8.46. The highest BCUT2D eigenvalue weighted by Crippen LogP contribution is 2.49. The zero-order valence-corrected chi connectivity index (χ0v) is 18.3. The minimum Gasteiger partial charge on any atom is -0.311 e. The van der Waals surface area contributed by atoms with Gasteiger partial charge in [0.05, 0.1) is 6.54 Å². The third kappa shape index (κ3) is 4.24. The van der Waals surface area contributed by atoms with Crippen molar-refractivity contribution in [1.29, 1.82) is 0 Å². The van der Waals surface area contributed by atoms with E-state index in [1.54, 1.807) is 13.8 Å². The van der Waals surface area contributed by atoms with E-state index in [9.17, 15) is 31.5 Å². The van der Waals surface area contributed by atoms with Gasteiger partial charge in [0, 0.05) is 34.8 Å². The number of anilines is 1. The van der Waals surface area contributed by atoms with Crippen LogP contribution >= 0.6 is 0 Å². The zero-order chi connectivity index (χ0) is 24.8. The van der Waals surface area contributed by atoms with Gasteiger partial charge in [0.1, 0.15) is 5.82 Å². The maximum absolute atomic E-state index is 14.6. The molecule has 11 heteroatoms. The number of carbonyl (C=O) groups excluding carboxylic acids is 1. The summed E-state index contributed by atoms with van der Waals surface area (Å²) < 4.78 is 70.3. The van der Waals surface area contributed by atoms with E-state index in [2.05, 4.69) is 27.1 Å². The Morgan fingerprint density at radius 3 is 2.53 bits per heavy atom. The summed E-state index contributed by atoms with van der Waals surface area (Å²) in [5.74, 6) is 4.85. The van der Waals surface area contributed by atoms with E-state index in [4.69, 9.17) is 0 Å². The minimum atomic E-state index is -5.15. The van der Waals surface area contributed by atoms with Gasteiger partial charge in [-0.1, -0.05) is 24.0 Å². The summed E-state index contributed by atoms with van der Waals surface area (Å²) in [5, 5.41) is 2.29. The number of hydrogen-bond acceptors (Lipinski definition) is 3. The summed E-state index contributed by atoms with van der Waals surface area (Å²) in [6, 6.07) is 2.49. The Bertz CT molecular complexity index is 1260. The molecule has 34 heavy (non-hydrogen) atoms. The van der Waals surface area contributed by atoms with E-state index < -0.39 is 36.3 Å². The number of halogens is 5. The van der Waals surface area contributed by atoms with Crippen molar-refractivity contribution >= 4 is 11.7 Å². The van der Waals surface area contributed by atoms with Crippen molar-refractivity contribution in [2.24, 2.45) is 5.92 Å². The lowest BCUT2D eigenvalue weighted by atomic mass is 9.83. The highest BCUT2D eigenvalue weighted by Gasteiger charge is 2.64. The average molecular weight is 480 g/mol. The number of aromatic nitrogens is 2. The van der Waals surface area contributed by atoms with Gasteiger partial charge in [0.2, 0.25) is 5.54 Å². The molecule has 1 aromatic carbocycles. The normalized spacial score (nSPS) is 20.0. The molecule has 1 atom stereocenters. The number of rotatable bonds is 4. The Kier molecular flexibility index (Phi) is 5.87. The Hall–Kier alpha value is -3.42. The van der Waals surface area contributed by atoms with Crippen LogP contribution in [0, 0.1) is 31.6 Å². The number of carbonyl (C=O) groups is 1. The van der Waals surface area contributed by atoms with E-state index in [0.29, 0.717) is 35.5 Å². The maximum atomic E-state index is 14.6. The summed E-state index contributed by atoms with van der Waals surface area (Å²) in [5.41, 5.74) is -3.01. The van der Waals surface area contributed by atoms with Crippen LogP contribution in [-0.2, 0) is 12.0 Å². The monoisotopic (exact) mass is 480 g/mol. The fourth-order valence-electron chi connectivity index (χ4n) is 4.07. The molecule has 180 valence electrons. The van der Waals surface area contributed by atoms with Gasteiger partial charge in [-0.15, -0.1) is 0 Å². The molecule has 2 aromatic rings. The topological polar surface area (TPSA) is 78.1 Å². The lowest BCUT2D eigenvalue weighted by Gasteiger charge is -2.45. The summed E-state index contributed by atoms with van der Waals surface area (Å²) in [4.78, 5) is 31.9. The summed E-state index contributed by atoms with van der Waals surface area (Å²) in [6.45, 7) is 1.83. The summed E-state index contributed by atoms with van der Waals surface area (Å²) >= 11 is 0. The van der Waals surface area contributed by atoms with Crippen molar-refractivity contribution in [2.45, 2.75) is 51.3 Å². The number of hydrogen-bond donors (Lipinski definition) is 2. The van der Waals surface area contributed by atoms with Gasteiger partial charge in [-0.2, -0.15) is 13.2 Å². The van der Waals surface area contributed by atoms with Crippen LogP contribution < -0.4 is 10.9 Å². The highest BCUT2D eigenvalue weighted by molar-refractivity contribution is 5.95. The first kappa shape index (κ1) is 23.7. The molecule has 1 aliphatic heterocycles. The number of alkyl halides is 5. The smallest absolute Gasteiger partial charge is 0.311 e. The molecule has 0 saturated heterocycles. The number of aryl methyl sites for hydroxylation is 2. The third-order valence-electron chi connectivity index (χ3n) is 5.85. The average Bonchev–Trinajstić information content (AvgIpc) is 3.54. The fraction of sp³-hybridized carbons (Fsp3) is 0.435. The van der Waals surface area contributed by atoms with Crippen molar-refractivity contribution in [3.63, 3.8) is 0 Å². The molecular formula is C23H21F5N4O2. The van der Waals surface area contributed by atoms with Gasteiger partial charge in [0.25, 0.3) is 12.0 Å². The number of fused-ring (bicyclic) bond motifs is 1. The number of H-pyrrole nitrogens is 1. The van der Waals surface area contributed by atoms with E-state index in [0.717, 1.165) is 6.07 Å². The zero-order valence-electron chi connectivity index (χ0n) is 18.3. The number of amides is 2. The molecule has 1 aliphatic carbocycles. The third-order valence-corrected chi connectivity index (χ3v) is 5.85. The van der Waals surface area contributed by atoms with Gasteiger partial charge in [-0.25, -0.2) is 18.6 Å². The standard InChI is InChI=1S/C23H21F5N4O2/c1-12-16(20(33)30-13(2)29-12)9-15-5-6-17-18(10-15)31-21(34)32(11-19(24)25)22(17,23(26,27)28)8-7-14-3-4-14/h5-6,10,14,19H,3-4,9,11H2,1-2H3,(H,31,34)(H,29,30,33). The van der Waals surface area contributed by atoms with Crippen LogP contribution in [0.4, 0.5) is 32.4 Å². The van der Waals surface area contributed by atoms with Crippen molar-refractivity contribution < 1.29 is 26.7 Å². The van der Waals surface area contributed by atoms with Gasteiger partial charge >= 0.3 is 12.2 Å². The van der Waals surface area contributed by atoms with Crippen LogP contribution in [0.5, 0.6) is 0 Å². The highest BCUT2D eigenvalue weighted by atomic mass is 19.4. The number of benzene rings is 1. The molecule has 1 unspecified atom stereocenters. The fourth-order valence-corrected chi connectivity index (χ4v) is 4.07. The maximum Gasteiger partial charge on any atom is 0.427 e. The van der Waals surface area contributed by atoms with Crippen molar-refractivity contribution in [3.8, 4) is 11.8 Å². The van der Waals surface area contributed by atoms with E-state index in [1.807, 2.05) is 0 Å². The van der Waals surface area contributed by atoms with Crippen LogP contribution in [0.2, 0.25) is 0 Å². The second-order valence-electron chi connectivity index (χ2n) is 8.46. The minimum absolute atomic E-state index is 0.0467. The number of nitrogens with one attached hydrogen (secondary N) is 2. The van der Waals surface area contributed by atoms with Gasteiger partial charge < -0.3 is 10.3 Å². The van der Waals surface area contributed by atoms with Crippen LogP contribution in [0.1, 0.15) is 41.1 Å². The Balaban J connectivity index is 1.85. The molecule has 0 bridgehead atoms. The van der Waals surface area contributed by atoms with Crippen molar-refractivity contribution in [2.75, 3.05) is 11.9 Å². The molecule has 2 heterocycles. The largest absolute Gasteiger partial charge is 0.427 e. The number of aromatic amines is 1. The van der Waals surface area contributed by atoms with Gasteiger partial charge in [-0.3, -0.25) is 9.69 Å². The predicted molar refractivity (Wildman–Crippen MR) is 114 cm³/mol. The van der Waals surface area contributed by atoms with E-state index in [1.165, 1.54) is 12.1 Å². The van der Waals surface area contributed by atoms with Crippen LogP contribution in [0.15, 0.2) is 23.0 Å². The predicted octanol–water partition coefficient (Wildman–Crippen LogP) is 4.26. The van der Waals surface area contributed by atoms with E-state index >= 15 is 0 Å². The molecule has 0 radical (unpaired) electrons. The molecule has 1 aromatic heterocycles. The molecule has 1 fully saturated rings. The molecular weight excluding hydrogens is 459 g/mol. The lowest BCUT2D eigenvalue weighted by molar-refractivity contribution is -0.210. The Morgan fingerprint density at radius 2 is 1.94 bits per heavy atom. The second kappa shape index (κ2) is 8.42. The molecule has 2 aliphatic rings. The first-order valence-electron chi connectivity index (χ1n) is 10.6. The molecule has 6 nitrogen and oxygen atoms in total. The van der Waals surface area contributed by atoms with Gasteiger partial charge in [-0.05, 0) is 38.3 Å². The SMILES string of the molecule is Cc1nc(C)c(Cc2ccc3c(c2)NC(=O)N(CC(F)F)C3(C#CC2CC2)C(F)(F)F)c(=O)[nH]1. The first-order valence-corrected chi connectivity index (χ1v) is 10.6. The van der Waals surface area contributed by atoms with Gasteiger partial charge in [0.15, 0.2) is 0 Å². The summed E-state index contributed by atoms with van der Waals surface area (Å²) in [6.07, 6.45) is -7.06. The van der Waals surface area contributed by atoms with Crippen LogP contribution in [0.3, 0.4) is 0 Å². The molecule has 4 rings (SSSR count). The van der Waals surface area contributed by atoms with Crippen LogP contribution in [0.25, 0.3) is 0 Å². The number of urea groups is 1. The number of nitrogens with zero attached hydrogens (tertiary/aromatic N) is 2. The molecule has 1 saturated carbocycles. The Morgan fingerprint density at radius 1 is 1.24 bits per heavy atom.